The number of esters is 2. The van der Waals surface area contributed by atoms with Crippen molar-refractivity contribution < 1.29 is 114 Å². The molecule has 638 valence electrons. The summed E-state index contributed by atoms with van der Waals surface area (Å²) in [6.07, 6.45) is -6.01. The Morgan fingerprint density at radius 2 is 1.31 bits per heavy atom. The van der Waals surface area contributed by atoms with E-state index in [1.807, 2.05) is 48.5 Å². The van der Waals surface area contributed by atoms with Gasteiger partial charge >= 0.3 is 32.4 Å². The number of ether oxygens (including phenoxy) is 8. The van der Waals surface area contributed by atoms with E-state index >= 15 is 4.57 Å². The number of hydrogen-bond acceptors (Lipinski definition) is 34. The first-order chi connectivity index (χ1) is 59.0. The lowest BCUT2D eigenvalue weighted by Gasteiger charge is -2.29. The molecule has 0 radical (unpaired) electrons. The summed E-state index contributed by atoms with van der Waals surface area (Å²) in [5, 5.41) is 48.0. The smallest absolute Gasteiger partial charge is 0.407 e. The number of nitrogen functional groups attached to an aromatic ring is 2. The van der Waals surface area contributed by atoms with E-state index < -0.39 is 109 Å². The number of carbonyl (C=O) groups is 5. The second-order valence-corrected chi connectivity index (χ2v) is 34.6. The molecule has 3 unspecified atom stereocenters. The molecule has 2 bridgehead atoms. The Labute approximate surface area is 699 Å². The van der Waals surface area contributed by atoms with Crippen LogP contribution in [-0.4, -0.2) is 213 Å². The third-order valence-electron chi connectivity index (χ3n) is 19.5. The quantitative estimate of drug-likeness (QED) is 0.00939. The van der Waals surface area contributed by atoms with Crippen LogP contribution >= 0.6 is 34.8 Å². The lowest BCUT2D eigenvalue weighted by molar-refractivity contribution is -0.123. The van der Waals surface area contributed by atoms with Gasteiger partial charge < -0.3 is 98.7 Å². The Kier molecular flexibility index (Phi) is 27.2. The molecule has 6 aromatic carbocycles. The van der Waals surface area contributed by atoms with E-state index in [9.17, 15) is 43.9 Å². The number of alkyl carbamates (subject to hydrolysis) is 1. The average Bonchev–Trinajstić information content (AvgIpc) is 1.53. The standard InChI is InChI=1S/C78H81N16O24P3S/c1-120(103,104)111-36-50(95)35-106-31-6-28-82-78(102)109-34-45-11-19-53(20-12-45)113-77(101)48-17-25-52(26-18-48)108-39-60(96)81-29-27-61(97)91-33-49-7-2-3-8-55(49)62-65(56-9-4-5-10-57(56)91)94(90-89-62)30-32-107-51-23-15-47(16-24-51)76(100)114-54-21-13-46(14-22-54)40-122-121(105)112-38-59-68(67(99)74(116-59)92-43-87-63-70(79)83-41-85-72(63)92)117-119-110-37-58-66(98)69(118-121)75(115-58)93-44-88-64-71(80)84-42-86-73(64)93/h2-5,7-26,41-44,50,58-59,66-69,74-75,95,98-99,119H,6,27-40H2,1H3,(H,81,96)(H,82,102)(H,103,104)(H2,79,83,85)(H2,80,84,86)/t50?,58-,59-,66-,67-,68-,69-,74-,75-,121-/m1/s1. The van der Waals surface area contributed by atoms with E-state index in [4.69, 9.17) is 72.4 Å². The third kappa shape index (κ3) is 20.7. The molecule has 11 aromatic rings. The lowest BCUT2D eigenvalue weighted by Crippen LogP contribution is -2.36. The van der Waals surface area contributed by atoms with Gasteiger partial charge in [0.2, 0.25) is 5.91 Å². The van der Waals surface area contributed by atoms with Crippen LogP contribution in [0.15, 0.2) is 171 Å². The molecule has 44 heteroatoms. The number of carbonyl (C=O) groups excluding carboxylic acids is 5. The number of anilines is 3. The minimum Gasteiger partial charge on any atom is -0.492 e. The van der Waals surface area contributed by atoms with Gasteiger partial charge in [-0.2, -0.15) is 0 Å². The van der Waals surface area contributed by atoms with Gasteiger partial charge in [-0.25, -0.2) is 53.5 Å². The van der Waals surface area contributed by atoms with E-state index in [0.717, 1.165) is 29.2 Å². The number of fused-ring (bicyclic) bond motifs is 10. The molecule has 3 amide bonds. The highest BCUT2D eigenvalue weighted by Gasteiger charge is 2.53. The summed E-state index contributed by atoms with van der Waals surface area (Å²) in [6, 6.07) is 40.2. The predicted molar refractivity (Wildman–Crippen MR) is 436 cm³/mol. The normalized spacial score (nSPS) is 21.0. The molecule has 12 atom stereocenters. The first-order valence-electron chi connectivity index (χ1n) is 38.1. The van der Waals surface area contributed by atoms with Gasteiger partial charge in [0.05, 0.1) is 74.7 Å². The molecular formula is C78H81N16O24P3S. The maximum atomic E-state index is 15.5. The number of benzene rings is 6. The Morgan fingerprint density at radius 3 is 1.99 bits per heavy atom. The van der Waals surface area contributed by atoms with Crippen LogP contribution in [0, 0.1) is 0 Å². The highest BCUT2D eigenvalue weighted by Crippen LogP contribution is 2.65. The first-order valence-corrected chi connectivity index (χ1v) is 44.0. The summed E-state index contributed by atoms with van der Waals surface area (Å²) in [5.41, 5.74) is 19.0. The number of aliphatic hydroxyl groups excluding tert-OH is 3. The number of nitrogens with zero attached hydrogens (tertiary/aromatic N) is 12. The second-order valence-electron chi connectivity index (χ2n) is 28.0. The van der Waals surface area contributed by atoms with Crippen molar-refractivity contribution in [1.82, 2.24) is 64.7 Å². The Bertz CT molecular complexity index is 5660. The van der Waals surface area contributed by atoms with Crippen molar-refractivity contribution in [1.29, 1.82) is 0 Å². The number of hydrogen-bond donors (Lipinski definition) is 8. The van der Waals surface area contributed by atoms with Crippen molar-refractivity contribution in [3.63, 3.8) is 0 Å². The van der Waals surface area contributed by atoms with Crippen molar-refractivity contribution in [3.8, 4) is 45.5 Å². The number of rotatable bonds is 30. The zero-order chi connectivity index (χ0) is 85.0. The summed E-state index contributed by atoms with van der Waals surface area (Å²) in [6.45, 7) is -4.14. The van der Waals surface area contributed by atoms with Crippen molar-refractivity contribution in [2.75, 3.05) is 82.4 Å². The Morgan fingerprint density at radius 1 is 0.689 bits per heavy atom. The molecule has 3 fully saturated rings. The monoisotopic (exact) mass is 1750 g/mol. The second kappa shape index (κ2) is 38.8. The van der Waals surface area contributed by atoms with Crippen LogP contribution in [-0.2, 0) is 85.7 Å². The fourth-order valence-electron chi connectivity index (χ4n) is 13.5. The SMILES string of the molecule is CP(=O)(O)OCC(O)COCCCNC(=O)OCc1ccc(OC(=O)c2ccc(OCC(=O)NCCC(=O)N3Cc4ccccc4-c4nnn(CCOc5ccc(C(=O)Oc6ccc(CS[P@]7(=O)OC[C@H]8O[C@@H](n9cnc%10c(N)ncnc%109)[C@H](O)[C@@H]8OPOC[C@H]8O[C@@H](n9cnc%10c(N)ncnc%109)[C@H](O7)[C@@H]8O)cc6)cc5)c4-c4ccccc43)cc2)cc1. The average molecular weight is 1750 g/mol. The van der Waals surface area contributed by atoms with Crippen molar-refractivity contribution in [2.45, 2.75) is 93.5 Å². The van der Waals surface area contributed by atoms with Crippen LogP contribution in [0.2, 0.25) is 0 Å². The zero-order valence-electron chi connectivity index (χ0n) is 64.7. The molecule has 4 aliphatic heterocycles. The van der Waals surface area contributed by atoms with E-state index in [-0.39, 0.29) is 147 Å². The molecule has 3 saturated heterocycles. The van der Waals surface area contributed by atoms with Gasteiger partial charge in [-0.3, -0.25) is 32.3 Å². The van der Waals surface area contributed by atoms with Gasteiger partial charge in [-0.15, -0.1) is 5.10 Å². The van der Waals surface area contributed by atoms with E-state index in [0.29, 0.717) is 51.7 Å². The minimum atomic E-state index is -4.46. The molecule has 0 saturated carbocycles. The van der Waals surface area contributed by atoms with Crippen LogP contribution in [0.25, 0.3) is 44.8 Å². The topological polar surface area (TPSA) is 518 Å². The summed E-state index contributed by atoms with van der Waals surface area (Å²) < 4.78 is 107. The number of nitrogens with one attached hydrogen (secondary N) is 2. The summed E-state index contributed by atoms with van der Waals surface area (Å²) in [5.74, 6) is -0.736. The van der Waals surface area contributed by atoms with Crippen LogP contribution in [0.4, 0.5) is 22.1 Å². The van der Waals surface area contributed by atoms with E-state index in [2.05, 4.69) is 55.4 Å². The van der Waals surface area contributed by atoms with E-state index in [1.165, 1.54) is 58.7 Å². The molecule has 4 aliphatic rings. The van der Waals surface area contributed by atoms with Gasteiger partial charge in [0.25, 0.3) is 5.91 Å². The van der Waals surface area contributed by atoms with Gasteiger partial charge in [0.1, 0.15) is 108 Å². The summed E-state index contributed by atoms with van der Waals surface area (Å²) in [4.78, 5) is 103. The fourth-order valence-corrected chi connectivity index (χ4v) is 18.0. The third-order valence-corrected chi connectivity index (χ3v) is 24.5. The molecule has 10 N–H and O–H groups in total. The number of aliphatic hydroxyl groups is 3. The maximum Gasteiger partial charge on any atom is 0.407 e. The molecule has 9 heterocycles. The molecule has 122 heavy (non-hydrogen) atoms. The van der Waals surface area contributed by atoms with E-state index in [1.54, 1.807) is 82.4 Å². The zero-order valence-corrected chi connectivity index (χ0v) is 68.4. The van der Waals surface area contributed by atoms with Crippen molar-refractivity contribution in [2.24, 2.45) is 0 Å². The van der Waals surface area contributed by atoms with Gasteiger partial charge in [-0.1, -0.05) is 71.9 Å². The van der Waals surface area contributed by atoms with Crippen LogP contribution in [0.5, 0.6) is 23.0 Å². The Hall–Kier alpha value is -11.3. The highest BCUT2D eigenvalue weighted by molar-refractivity contribution is 8.54. The van der Waals surface area contributed by atoms with Gasteiger partial charge in [0, 0.05) is 49.7 Å². The summed E-state index contributed by atoms with van der Waals surface area (Å²) >= 11 is 0.791. The number of para-hydroxylation sites is 1. The number of imidazole rings is 2. The molecular weight excluding hydrogens is 1670 g/mol. The largest absolute Gasteiger partial charge is 0.492 e. The lowest BCUT2D eigenvalue weighted by atomic mass is 9.95. The highest BCUT2D eigenvalue weighted by atomic mass is 32.7. The van der Waals surface area contributed by atoms with Gasteiger partial charge in [0.15, 0.2) is 51.0 Å². The minimum absolute atomic E-state index is 0.00578. The molecule has 15 rings (SSSR count). The molecule has 5 aromatic heterocycles. The van der Waals surface area contributed by atoms with Crippen molar-refractivity contribution >= 4 is 104 Å². The Balaban J connectivity index is 0.519. The van der Waals surface area contributed by atoms with Crippen LogP contribution < -0.4 is 45.9 Å². The first kappa shape index (κ1) is 85.6. The summed E-state index contributed by atoms with van der Waals surface area (Å²) in [7, 11) is -4.42. The maximum absolute atomic E-state index is 15.5. The molecule has 0 spiro atoms. The molecule has 40 nitrogen and oxygen atoms in total. The predicted octanol–water partition coefficient (Wildman–Crippen LogP) is 7.41. The van der Waals surface area contributed by atoms with Crippen LogP contribution in [0.1, 0.15) is 62.7 Å². The number of aromatic nitrogens is 11. The fraction of sp³-hybridized carbons (Fsp3) is 0.321. The molecule has 0 aliphatic carbocycles. The number of nitrogens with two attached hydrogens (primary N) is 2. The van der Waals surface area contributed by atoms with Crippen molar-refractivity contribution in [3.05, 3.63) is 199 Å². The number of amides is 3. The van der Waals surface area contributed by atoms with Gasteiger partial charge in [-0.05, 0) is 113 Å². The van der Waals surface area contributed by atoms with Crippen LogP contribution in [0.3, 0.4) is 0 Å².